The Morgan fingerprint density at radius 3 is 2.69 bits per heavy atom. The highest BCUT2D eigenvalue weighted by Gasteiger charge is 2.18. The minimum absolute atomic E-state index is 0.193. The summed E-state index contributed by atoms with van der Waals surface area (Å²) in [4.78, 5) is 23.4. The molecule has 29 heavy (non-hydrogen) atoms. The van der Waals surface area contributed by atoms with E-state index in [0.29, 0.717) is 17.7 Å². The standard InChI is InChI=1S/C22H21N5O2/c1-14-11-16(29-3)9-10-17(14)19-20-21(26-25-19)23-12-18(24-20)22(28)27(2)13-15-7-5-4-6-8-15/h4-12H,13H2,1-3H3,(H,23,25,26). The van der Waals surface area contributed by atoms with Gasteiger partial charge >= 0.3 is 0 Å². The van der Waals surface area contributed by atoms with Gasteiger partial charge in [-0.05, 0) is 36.2 Å². The molecule has 0 fully saturated rings. The van der Waals surface area contributed by atoms with E-state index >= 15 is 0 Å². The highest BCUT2D eigenvalue weighted by atomic mass is 16.5. The summed E-state index contributed by atoms with van der Waals surface area (Å²) in [6, 6.07) is 15.6. The van der Waals surface area contributed by atoms with E-state index in [9.17, 15) is 4.79 Å². The second-order valence-electron chi connectivity index (χ2n) is 6.85. The van der Waals surface area contributed by atoms with Crippen molar-refractivity contribution < 1.29 is 9.53 Å². The first-order chi connectivity index (χ1) is 14.1. The lowest BCUT2D eigenvalue weighted by atomic mass is 10.0. The van der Waals surface area contributed by atoms with Crippen molar-refractivity contribution in [2.75, 3.05) is 14.2 Å². The first-order valence-corrected chi connectivity index (χ1v) is 9.22. The van der Waals surface area contributed by atoms with Gasteiger partial charge < -0.3 is 9.64 Å². The maximum absolute atomic E-state index is 12.9. The molecular weight excluding hydrogens is 366 g/mol. The highest BCUT2D eigenvalue weighted by molar-refractivity contribution is 5.95. The van der Waals surface area contributed by atoms with Gasteiger partial charge in [0.05, 0.1) is 19.0 Å². The van der Waals surface area contributed by atoms with E-state index in [4.69, 9.17) is 4.74 Å². The molecule has 7 heteroatoms. The van der Waals surface area contributed by atoms with Crippen molar-refractivity contribution in [1.82, 2.24) is 25.1 Å². The van der Waals surface area contributed by atoms with Crippen LogP contribution in [0.1, 0.15) is 21.6 Å². The van der Waals surface area contributed by atoms with Gasteiger partial charge in [0.15, 0.2) is 5.65 Å². The van der Waals surface area contributed by atoms with Crippen LogP contribution in [0.3, 0.4) is 0 Å². The molecule has 1 amide bonds. The highest BCUT2D eigenvalue weighted by Crippen LogP contribution is 2.29. The van der Waals surface area contributed by atoms with Crippen LogP contribution in [0.2, 0.25) is 0 Å². The van der Waals surface area contributed by atoms with Crippen molar-refractivity contribution in [1.29, 1.82) is 0 Å². The fourth-order valence-electron chi connectivity index (χ4n) is 3.25. The molecule has 1 N–H and O–H groups in total. The summed E-state index contributed by atoms with van der Waals surface area (Å²) >= 11 is 0. The molecule has 0 radical (unpaired) electrons. The summed E-state index contributed by atoms with van der Waals surface area (Å²) in [5.41, 5.74) is 5.04. The van der Waals surface area contributed by atoms with Crippen molar-refractivity contribution in [2.45, 2.75) is 13.5 Å². The Morgan fingerprint density at radius 1 is 1.17 bits per heavy atom. The van der Waals surface area contributed by atoms with Crippen molar-refractivity contribution in [3.63, 3.8) is 0 Å². The van der Waals surface area contributed by atoms with Crippen molar-refractivity contribution in [3.8, 4) is 17.0 Å². The molecule has 2 aromatic heterocycles. The second kappa shape index (κ2) is 7.71. The Morgan fingerprint density at radius 2 is 1.97 bits per heavy atom. The number of nitrogens with one attached hydrogen (secondary N) is 1. The molecule has 4 rings (SSSR count). The van der Waals surface area contributed by atoms with Gasteiger partial charge in [0.2, 0.25) is 0 Å². The average Bonchev–Trinajstić information content (AvgIpc) is 3.16. The number of ether oxygens (including phenoxy) is 1. The van der Waals surface area contributed by atoms with E-state index in [1.807, 2.05) is 55.5 Å². The van der Waals surface area contributed by atoms with Crippen LogP contribution in [0, 0.1) is 6.92 Å². The van der Waals surface area contributed by atoms with Gasteiger partial charge in [0.25, 0.3) is 5.91 Å². The van der Waals surface area contributed by atoms with Gasteiger partial charge in [-0.15, -0.1) is 0 Å². The Kier molecular flexibility index (Phi) is 4.95. The molecule has 7 nitrogen and oxygen atoms in total. The van der Waals surface area contributed by atoms with Crippen LogP contribution in [0.15, 0.2) is 54.7 Å². The van der Waals surface area contributed by atoms with E-state index in [1.165, 1.54) is 6.20 Å². The predicted octanol–water partition coefficient (Wildman–Crippen LogP) is 3.61. The number of aromatic amines is 1. The smallest absolute Gasteiger partial charge is 0.274 e. The molecular formula is C22H21N5O2. The van der Waals surface area contributed by atoms with Gasteiger partial charge in [0, 0.05) is 19.2 Å². The molecule has 2 heterocycles. The minimum Gasteiger partial charge on any atom is -0.497 e. The van der Waals surface area contributed by atoms with Crippen LogP contribution in [-0.2, 0) is 6.54 Å². The van der Waals surface area contributed by atoms with E-state index in [2.05, 4.69) is 20.2 Å². The minimum atomic E-state index is -0.193. The number of carbonyl (C=O) groups excluding carboxylic acids is 1. The average molecular weight is 387 g/mol. The zero-order chi connectivity index (χ0) is 20.4. The number of carbonyl (C=O) groups is 1. The number of benzene rings is 2. The maximum Gasteiger partial charge on any atom is 0.274 e. The molecule has 0 aliphatic rings. The number of methoxy groups -OCH3 is 1. The lowest BCUT2D eigenvalue weighted by Crippen LogP contribution is -2.27. The molecule has 0 saturated carbocycles. The van der Waals surface area contributed by atoms with Crippen molar-refractivity contribution in [2.24, 2.45) is 0 Å². The normalized spacial score (nSPS) is 10.9. The molecule has 2 aromatic carbocycles. The summed E-state index contributed by atoms with van der Waals surface area (Å²) in [7, 11) is 3.39. The molecule has 146 valence electrons. The number of rotatable bonds is 5. The molecule has 0 spiro atoms. The van der Waals surface area contributed by atoms with Crippen molar-refractivity contribution in [3.05, 3.63) is 71.5 Å². The summed E-state index contributed by atoms with van der Waals surface area (Å²) < 4.78 is 5.28. The van der Waals surface area contributed by atoms with E-state index < -0.39 is 0 Å². The van der Waals surface area contributed by atoms with Crippen LogP contribution >= 0.6 is 0 Å². The molecule has 0 aliphatic carbocycles. The van der Waals surface area contributed by atoms with E-state index in [1.54, 1.807) is 19.1 Å². The first-order valence-electron chi connectivity index (χ1n) is 9.22. The molecule has 0 atom stereocenters. The molecule has 0 aliphatic heterocycles. The fourth-order valence-corrected chi connectivity index (χ4v) is 3.25. The van der Waals surface area contributed by atoms with Gasteiger partial charge in [-0.1, -0.05) is 30.3 Å². The monoisotopic (exact) mass is 387 g/mol. The second-order valence-corrected chi connectivity index (χ2v) is 6.85. The van der Waals surface area contributed by atoms with E-state index in [-0.39, 0.29) is 11.6 Å². The number of hydrogen-bond donors (Lipinski definition) is 1. The molecule has 0 unspecified atom stereocenters. The number of fused-ring (bicyclic) bond motifs is 1. The zero-order valence-electron chi connectivity index (χ0n) is 16.5. The fraction of sp³-hybridized carbons (Fsp3) is 0.182. The van der Waals surface area contributed by atoms with Gasteiger partial charge in [-0.25, -0.2) is 9.97 Å². The van der Waals surface area contributed by atoms with Gasteiger partial charge in [0.1, 0.15) is 17.0 Å². The van der Waals surface area contributed by atoms with Crippen molar-refractivity contribution >= 4 is 17.1 Å². The van der Waals surface area contributed by atoms with Crippen LogP contribution in [0.5, 0.6) is 5.75 Å². The van der Waals surface area contributed by atoms with Gasteiger partial charge in [-0.3, -0.25) is 9.89 Å². The Bertz CT molecular complexity index is 1170. The Balaban J connectivity index is 1.67. The predicted molar refractivity (Wildman–Crippen MR) is 111 cm³/mol. The third kappa shape index (κ3) is 3.67. The summed E-state index contributed by atoms with van der Waals surface area (Å²) in [5, 5.41) is 7.24. The number of amides is 1. The number of nitrogens with zero attached hydrogens (tertiary/aromatic N) is 4. The summed E-state index contributed by atoms with van der Waals surface area (Å²) in [5.74, 6) is 0.585. The van der Waals surface area contributed by atoms with Crippen LogP contribution in [0.25, 0.3) is 22.4 Å². The summed E-state index contributed by atoms with van der Waals surface area (Å²) in [6.07, 6.45) is 1.47. The lowest BCUT2D eigenvalue weighted by Gasteiger charge is -2.16. The largest absolute Gasteiger partial charge is 0.497 e. The number of H-pyrrole nitrogens is 1. The first kappa shape index (κ1) is 18.6. The third-order valence-electron chi connectivity index (χ3n) is 4.79. The third-order valence-corrected chi connectivity index (χ3v) is 4.79. The Labute approximate surface area is 168 Å². The topological polar surface area (TPSA) is 84.0 Å². The number of aryl methyl sites for hydroxylation is 1. The van der Waals surface area contributed by atoms with Crippen LogP contribution in [-0.4, -0.2) is 45.1 Å². The number of hydrogen-bond acceptors (Lipinski definition) is 5. The summed E-state index contributed by atoms with van der Waals surface area (Å²) in [6.45, 7) is 2.48. The number of aromatic nitrogens is 4. The lowest BCUT2D eigenvalue weighted by molar-refractivity contribution is 0.0779. The van der Waals surface area contributed by atoms with Gasteiger partial charge in [-0.2, -0.15) is 5.10 Å². The van der Waals surface area contributed by atoms with E-state index in [0.717, 1.165) is 28.1 Å². The maximum atomic E-state index is 12.9. The molecule has 4 aromatic rings. The molecule has 0 bridgehead atoms. The quantitative estimate of drug-likeness (QED) is 0.566. The van der Waals surface area contributed by atoms with Crippen LogP contribution < -0.4 is 4.74 Å². The SMILES string of the molecule is COc1ccc(-c2[nH]nc3ncc(C(=O)N(C)Cc4ccccc4)nc23)c(C)c1. The Hall–Kier alpha value is -3.74. The van der Waals surface area contributed by atoms with Crippen LogP contribution in [0.4, 0.5) is 0 Å². The molecule has 0 saturated heterocycles. The zero-order valence-corrected chi connectivity index (χ0v) is 16.5.